The van der Waals surface area contributed by atoms with Gasteiger partial charge in [-0.05, 0) is 37.5 Å². The van der Waals surface area contributed by atoms with Crippen LogP contribution < -0.4 is 5.32 Å². The number of aliphatic imine (C=N–C) groups is 1. The minimum atomic E-state index is 0.131. The molecule has 3 rings (SSSR count). The summed E-state index contributed by atoms with van der Waals surface area (Å²) in [5, 5.41) is 4.13. The highest BCUT2D eigenvalue weighted by Gasteiger charge is 2.32. The maximum atomic E-state index is 5.94. The molecule has 0 aromatic heterocycles. The molecule has 0 radical (unpaired) electrons. The monoisotopic (exact) mass is 395 g/mol. The number of nitrogens with zero attached hydrogens (tertiary/aromatic N) is 2. The lowest BCUT2D eigenvalue weighted by molar-refractivity contribution is -0.0817. The zero-order valence-electron chi connectivity index (χ0n) is 16.0. The van der Waals surface area contributed by atoms with Crippen LogP contribution in [0.25, 0.3) is 0 Å². The second kappa shape index (κ2) is 10.9. The fraction of sp³-hybridized carbons (Fsp3) is 0.650. The zero-order valence-corrected chi connectivity index (χ0v) is 16.8. The molecule has 0 saturated carbocycles. The van der Waals surface area contributed by atoms with E-state index < -0.39 is 0 Å². The number of morpholine rings is 1. The fourth-order valence-electron chi connectivity index (χ4n) is 3.40. The summed E-state index contributed by atoms with van der Waals surface area (Å²) < 4.78 is 17.5. The van der Waals surface area contributed by atoms with Crippen LogP contribution in [0.4, 0.5) is 0 Å². The van der Waals surface area contributed by atoms with E-state index in [0.29, 0.717) is 26.4 Å². The average molecular weight is 396 g/mol. The fourth-order valence-corrected chi connectivity index (χ4v) is 3.53. The molecule has 150 valence electrons. The molecule has 2 atom stereocenters. The van der Waals surface area contributed by atoms with E-state index in [-0.39, 0.29) is 12.2 Å². The standard InChI is InChI=1S/C20H30ClN3O3/c1-2-22-20(23-9-12-25-15-16-5-7-17(21)8-6-16)24-10-13-27-19(14-24)18-4-3-11-26-18/h5-8,18-19H,2-4,9-15H2,1H3,(H,22,23). The largest absolute Gasteiger partial charge is 0.375 e. The van der Waals surface area contributed by atoms with Crippen LogP contribution in [0, 0.1) is 0 Å². The van der Waals surface area contributed by atoms with Gasteiger partial charge in [0.05, 0.1) is 32.5 Å². The van der Waals surface area contributed by atoms with Crippen LogP contribution in [0.15, 0.2) is 29.3 Å². The lowest BCUT2D eigenvalue weighted by Gasteiger charge is -2.37. The Hall–Kier alpha value is -1.34. The number of halogens is 1. The summed E-state index contributed by atoms with van der Waals surface area (Å²) in [7, 11) is 0. The van der Waals surface area contributed by atoms with E-state index in [1.54, 1.807) is 0 Å². The minimum Gasteiger partial charge on any atom is -0.375 e. The third kappa shape index (κ3) is 6.35. The second-order valence-corrected chi connectivity index (χ2v) is 7.26. The maximum Gasteiger partial charge on any atom is 0.194 e. The van der Waals surface area contributed by atoms with Crippen LogP contribution in [-0.4, -0.2) is 69.1 Å². The Kier molecular flexibility index (Phi) is 8.20. The lowest BCUT2D eigenvalue weighted by atomic mass is 10.1. The number of hydrogen-bond donors (Lipinski definition) is 1. The van der Waals surface area contributed by atoms with Gasteiger partial charge >= 0.3 is 0 Å². The molecule has 6 nitrogen and oxygen atoms in total. The third-order valence-corrected chi connectivity index (χ3v) is 5.04. The zero-order chi connectivity index (χ0) is 18.9. The Balaban J connectivity index is 1.46. The van der Waals surface area contributed by atoms with E-state index in [1.807, 2.05) is 24.3 Å². The van der Waals surface area contributed by atoms with E-state index in [9.17, 15) is 0 Å². The first-order valence-corrected chi connectivity index (χ1v) is 10.2. The number of ether oxygens (including phenoxy) is 3. The molecule has 2 saturated heterocycles. The molecule has 2 heterocycles. The van der Waals surface area contributed by atoms with Gasteiger partial charge in [0.25, 0.3) is 0 Å². The van der Waals surface area contributed by atoms with Gasteiger partial charge in [0, 0.05) is 31.3 Å². The molecule has 7 heteroatoms. The van der Waals surface area contributed by atoms with Crippen LogP contribution in [0.5, 0.6) is 0 Å². The molecule has 0 spiro atoms. The number of rotatable bonds is 7. The van der Waals surface area contributed by atoms with E-state index in [1.165, 1.54) is 0 Å². The third-order valence-electron chi connectivity index (χ3n) is 4.79. The number of guanidine groups is 1. The van der Waals surface area contributed by atoms with Crippen molar-refractivity contribution in [3.63, 3.8) is 0 Å². The van der Waals surface area contributed by atoms with Gasteiger partial charge in [-0.25, -0.2) is 0 Å². The molecular formula is C20H30ClN3O3. The highest BCUT2D eigenvalue weighted by atomic mass is 35.5. The van der Waals surface area contributed by atoms with Gasteiger partial charge in [0.2, 0.25) is 0 Å². The number of benzene rings is 1. The van der Waals surface area contributed by atoms with Crippen molar-refractivity contribution in [1.29, 1.82) is 0 Å². The summed E-state index contributed by atoms with van der Waals surface area (Å²) in [6, 6.07) is 7.72. The van der Waals surface area contributed by atoms with Gasteiger partial charge in [0.1, 0.15) is 6.10 Å². The smallest absolute Gasteiger partial charge is 0.194 e. The predicted molar refractivity (Wildman–Crippen MR) is 107 cm³/mol. The molecule has 2 aliphatic heterocycles. The van der Waals surface area contributed by atoms with Gasteiger partial charge in [-0.2, -0.15) is 0 Å². The van der Waals surface area contributed by atoms with E-state index >= 15 is 0 Å². The minimum absolute atomic E-state index is 0.131. The van der Waals surface area contributed by atoms with E-state index in [4.69, 9.17) is 30.8 Å². The summed E-state index contributed by atoms with van der Waals surface area (Å²) in [6.07, 6.45) is 2.57. The summed E-state index contributed by atoms with van der Waals surface area (Å²) in [6.45, 7) is 7.93. The summed E-state index contributed by atoms with van der Waals surface area (Å²) in [5.74, 6) is 0.930. The molecular weight excluding hydrogens is 366 g/mol. The maximum absolute atomic E-state index is 5.94. The van der Waals surface area contributed by atoms with Gasteiger partial charge < -0.3 is 24.4 Å². The summed E-state index contributed by atoms with van der Waals surface area (Å²) in [4.78, 5) is 7.01. The first-order valence-electron chi connectivity index (χ1n) is 9.85. The molecule has 2 aliphatic rings. The Morgan fingerprint density at radius 2 is 2.07 bits per heavy atom. The Morgan fingerprint density at radius 3 is 2.81 bits per heavy atom. The molecule has 2 fully saturated rings. The van der Waals surface area contributed by atoms with Gasteiger partial charge in [-0.15, -0.1) is 0 Å². The van der Waals surface area contributed by atoms with Crippen LogP contribution in [0.2, 0.25) is 5.02 Å². The molecule has 1 aromatic carbocycles. The molecule has 1 aromatic rings. The van der Waals surface area contributed by atoms with Crippen molar-refractivity contribution in [2.24, 2.45) is 4.99 Å². The highest BCUT2D eigenvalue weighted by molar-refractivity contribution is 6.30. The molecule has 2 unspecified atom stereocenters. The molecule has 0 aliphatic carbocycles. The van der Waals surface area contributed by atoms with Crippen LogP contribution in [0.3, 0.4) is 0 Å². The lowest BCUT2D eigenvalue weighted by Crippen LogP contribution is -2.53. The highest BCUT2D eigenvalue weighted by Crippen LogP contribution is 2.21. The van der Waals surface area contributed by atoms with E-state index in [2.05, 4.69) is 17.1 Å². The summed E-state index contributed by atoms with van der Waals surface area (Å²) in [5.41, 5.74) is 1.11. The number of hydrogen-bond acceptors (Lipinski definition) is 4. The first-order chi connectivity index (χ1) is 13.3. The Morgan fingerprint density at radius 1 is 1.26 bits per heavy atom. The second-order valence-electron chi connectivity index (χ2n) is 6.82. The Bertz CT molecular complexity index is 591. The van der Waals surface area contributed by atoms with E-state index in [0.717, 1.165) is 55.6 Å². The first kappa shape index (κ1) is 20.4. The van der Waals surface area contributed by atoms with Crippen molar-refractivity contribution < 1.29 is 14.2 Å². The molecule has 0 bridgehead atoms. The van der Waals surface area contributed by atoms with Crippen LogP contribution in [-0.2, 0) is 20.8 Å². The van der Waals surface area contributed by atoms with Crippen molar-refractivity contribution in [3.8, 4) is 0 Å². The SMILES string of the molecule is CCNC(=NCCOCc1ccc(Cl)cc1)N1CCOC(C2CCCO2)C1. The van der Waals surface area contributed by atoms with Crippen molar-refractivity contribution in [3.05, 3.63) is 34.9 Å². The molecule has 27 heavy (non-hydrogen) atoms. The summed E-state index contributed by atoms with van der Waals surface area (Å²) >= 11 is 5.90. The molecule has 1 N–H and O–H groups in total. The van der Waals surface area contributed by atoms with Gasteiger partial charge in [-0.1, -0.05) is 23.7 Å². The average Bonchev–Trinajstić information content (AvgIpc) is 3.23. The Labute approximate surface area is 166 Å². The van der Waals surface area contributed by atoms with Crippen molar-refractivity contribution in [2.45, 2.75) is 38.6 Å². The van der Waals surface area contributed by atoms with Gasteiger partial charge in [-0.3, -0.25) is 4.99 Å². The predicted octanol–water partition coefficient (Wildman–Crippen LogP) is 2.70. The van der Waals surface area contributed by atoms with Crippen LogP contribution in [0.1, 0.15) is 25.3 Å². The van der Waals surface area contributed by atoms with Crippen LogP contribution >= 0.6 is 11.6 Å². The number of nitrogens with one attached hydrogen (secondary N) is 1. The molecule has 0 amide bonds. The quantitative estimate of drug-likeness (QED) is 0.437. The van der Waals surface area contributed by atoms with Crippen molar-refractivity contribution >= 4 is 17.6 Å². The van der Waals surface area contributed by atoms with Crippen molar-refractivity contribution in [2.75, 3.05) is 46.0 Å². The van der Waals surface area contributed by atoms with Crippen molar-refractivity contribution in [1.82, 2.24) is 10.2 Å². The topological polar surface area (TPSA) is 55.3 Å². The normalized spacial score (nSPS) is 23.6. The van der Waals surface area contributed by atoms with Gasteiger partial charge in [0.15, 0.2) is 5.96 Å².